The van der Waals surface area contributed by atoms with Crippen LogP contribution >= 0.6 is 0 Å². The summed E-state index contributed by atoms with van der Waals surface area (Å²) >= 11 is 0. The first-order chi connectivity index (χ1) is 18.9. The van der Waals surface area contributed by atoms with Crippen LogP contribution < -0.4 is 9.47 Å². The number of ether oxygens (including phenoxy) is 6. The molecule has 2 saturated heterocycles. The van der Waals surface area contributed by atoms with Gasteiger partial charge in [-0.2, -0.15) is 0 Å². The van der Waals surface area contributed by atoms with E-state index in [1.54, 1.807) is 21.0 Å². The first-order valence-electron chi connectivity index (χ1n) is 14.1. The molecule has 1 aromatic carbocycles. The molecule has 5 heterocycles. The first-order valence-corrected chi connectivity index (χ1v) is 14.1. The Morgan fingerprint density at radius 3 is 2.52 bits per heavy atom. The maximum Gasteiger partial charge on any atom is 0.339 e. The molecule has 1 spiro atoms. The van der Waals surface area contributed by atoms with Gasteiger partial charge in [-0.3, -0.25) is 9.69 Å². The second-order valence-electron chi connectivity index (χ2n) is 12.5. The fourth-order valence-corrected chi connectivity index (χ4v) is 7.68. The fraction of sp³-hybridized carbons (Fsp3) is 0.724. The predicted octanol–water partition coefficient (Wildman–Crippen LogP) is 2.31. The summed E-state index contributed by atoms with van der Waals surface area (Å²) in [5.74, 6) is -1.96. The van der Waals surface area contributed by atoms with Crippen molar-refractivity contribution in [3.63, 3.8) is 0 Å². The van der Waals surface area contributed by atoms with E-state index in [0.29, 0.717) is 30.9 Å². The number of fused-ring (bicyclic) bond motifs is 1. The fourth-order valence-electron chi connectivity index (χ4n) is 7.68. The molecule has 1 aromatic rings. The normalized spacial score (nSPS) is 33.2. The number of hydrogen-bond donors (Lipinski definition) is 2. The maximum absolute atomic E-state index is 13.9. The molecule has 6 aliphatic rings. The Labute approximate surface area is 233 Å². The molecule has 7 rings (SSSR count). The van der Waals surface area contributed by atoms with Crippen molar-refractivity contribution in [1.29, 1.82) is 0 Å². The van der Waals surface area contributed by atoms with E-state index >= 15 is 0 Å². The minimum atomic E-state index is -2.15. The largest absolute Gasteiger partial charge is 0.469 e. The second-order valence-corrected chi connectivity index (χ2v) is 12.5. The van der Waals surface area contributed by atoms with Crippen LogP contribution in [0.3, 0.4) is 0 Å². The molecule has 5 aliphatic heterocycles. The third-order valence-corrected chi connectivity index (χ3v) is 9.53. The van der Waals surface area contributed by atoms with Crippen LogP contribution in [-0.2, 0) is 28.5 Å². The zero-order chi connectivity index (χ0) is 28.5. The monoisotopic (exact) mass is 561 g/mol. The third-order valence-electron chi connectivity index (χ3n) is 9.53. The molecule has 40 heavy (non-hydrogen) atoms. The molecule has 0 amide bonds. The van der Waals surface area contributed by atoms with Gasteiger partial charge in [0.1, 0.15) is 0 Å². The highest BCUT2D eigenvalue weighted by atomic mass is 16.7. The van der Waals surface area contributed by atoms with Gasteiger partial charge in [-0.05, 0) is 75.8 Å². The van der Waals surface area contributed by atoms with E-state index in [1.807, 2.05) is 12.1 Å². The summed E-state index contributed by atoms with van der Waals surface area (Å²) in [4.78, 5) is 28.7. The maximum atomic E-state index is 13.9. The number of aliphatic hydroxyl groups is 2. The van der Waals surface area contributed by atoms with E-state index in [4.69, 9.17) is 28.4 Å². The molecule has 4 bridgehead atoms. The van der Waals surface area contributed by atoms with E-state index in [9.17, 15) is 19.8 Å². The molecule has 1 aliphatic carbocycles. The number of rotatable bonds is 9. The van der Waals surface area contributed by atoms with Gasteiger partial charge >= 0.3 is 11.9 Å². The summed E-state index contributed by atoms with van der Waals surface area (Å²) in [6.45, 7) is 5.01. The number of nitrogens with zero attached hydrogens (tertiary/aromatic N) is 1. The van der Waals surface area contributed by atoms with Crippen molar-refractivity contribution < 1.29 is 48.2 Å². The van der Waals surface area contributed by atoms with Crippen molar-refractivity contribution in [3.8, 4) is 11.5 Å². The van der Waals surface area contributed by atoms with Gasteiger partial charge in [0.25, 0.3) is 0 Å². The van der Waals surface area contributed by atoms with Gasteiger partial charge in [0.15, 0.2) is 23.2 Å². The molecule has 2 N–H and O–H groups in total. The van der Waals surface area contributed by atoms with Crippen molar-refractivity contribution in [2.24, 2.45) is 0 Å². The molecule has 6 atom stereocenters. The van der Waals surface area contributed by atoms with Crippen LogP contribution in [0.25, 0.3) is 0 Å². The minimum Gasteiger partial charge on any atom is -0.469 e. The Morgan fingerprint density at radius 1 is 1.12 bits per heavy atom. The number of esters is 2. The van der Waals surface area contributed by atoms with Gasteiger partial charge in [-0.1, -0.05) is 0 Å². The molecule has 0 unspecified atom stereocenters. The van der Waals surface area contributed by atoms with Crippen LogP contribution in [-0.4, -0.2) is 89.8 Å². The number of benzene rings is 1. The lowest BCUT2D eigenvalue weighted by Crippen LogP contribution is -2.52. The van der Waals surface area contributed by atoms with Gasteiger partial charge in [0.2, 0.25) is 12.6 Å². The van der Waals surface area contributed by atoms with E-state index in [0.717, 1.165) is 30.5 Å². The van der Waals surface area contributed by atoms with Crippen molar-refractivity contribution in [2.45, 2.75) is 99.4 Å². The van der Waals surface area contributed by atoms with Crippen molar-refractivity contribution >= 4 is 11.9 Å². The highest BCUT2D eigenvalue weighted by Gasteiger charge is 2.72. The predicted molar refractivity (Wildman–Crippen MR) is 139 cm³/mol. The zero-order valence-electron chi connectivity index (χ0n) is 23.6. The molecule has 0 radical (unpaired) electrons. The molecule has 11 nitrogen and oxygen atoms in total. The van der Waals surface area contributed by atoms with Crippen LogP contribution in [0.1, 0.15) is 81.9 Å². The molecule has 11 heteroatoms. The Kier molecular flexibility index (Phi) is 6.62. The van der Waals surface area contributed by atoms with Crippen LogP contribution in [0.5, 0.6) is 11.5 Å². The Morgan fingerprint density at radius 2 is 1.85 bits per heavy atom. The van der Waals surface area contributed by atoms with Crippen LogP contribution in [0.4, 0.5) is 0 Å². The van der Waals surface area contributed by atoms with E-state index in [2.05, 4.69) is 4.90 Å². The summed E-state index contributed by atoms with van der Waals surface area (Å²) < 4.78 is 35.4. The lowest BCUT2D eigenvalue weighted by molar-refractivity contribution is -0.284. The minimum absolute atomic E-state index is 0.0850. The van der Waals surface area contributed by atoms with Gasteiger partial charge in [0, 0.05) is 31.5 Å². The summed E-state index contributed by atoms with van der Waals surface area (Å²) in [5.41, 5.74) is -1.60. The topological polar surface area (TPSA) is 133 Å². The summed E-state index contributed by atoms with van der Waals surface area (Å²) in [5, 5.41) is 21.8. The smallest absolute Gasteiger partial charge is 0.339 e. The Hall–Kier alpha value is -2.44. The molecular weight excluding hydrogens is 522 g/mol. The molecule has 0 aromatic heterocycles. The number of hydrogen-bond acceptors (Lipinski definition) is 11. The van der Waals surface area contributed by atoms with Crippen LogP contribution in [0.2, 0.25) is 0 Å². The Bertz CT molecular complexity index is 1200. The average Bonchev–Trinajstić information content (AvgIpc) is 3.52. The van der Waals surface area contributed by atoms with Crippen molar-refractivity contribution in [2.75, 3.05) is 34.1 Å². The summed E-state index contributed by atoms with van der Waals surface area (Å²) in [6.07, 6.45) is 1.08. The van der Waals surface area contributed by atoms with Gasteiger partial charge in [-0.25, -0.2) is 4.79 Å². The van der Waals surface area contributed by atoms with Gasteiger partial charge < -0.3 is 38.6 Å². The SMILES string of the molecule is COC(=O)C[C@](O)(CCCC(C)(C)O)C(=O)O[C@H]1[C@H]2c3cc4c(cc3[C@H]3CN5CCC[C@]25C[C@@]1(OC)O3)OCO4. The van der Waals surface area contributed by atoms with Crippen molar-refractivity contribution in [1.82, 2.24) is 4.90 Å². The van der Waals surface area contributed by atoms with Gasteiger partial charge in [0.05, 0.1) is 25.2 Å². The van der Waals surface area contributed by atoms with Crippen LogP contribution in [0, 0.1) is 0 Å². The highest BCUT2D eigenvalue weighted by molar-refractivity contribution is 5.86. The van der Waals surface area contributed by atoms with Crippen molar-refractivity contribution in [3.05, 3.63) is 23.3 Å². The number of carbonyl (C=O) groups is 2. The highest BCUT2D eigenvalue weighted by Crippen LogP contribution is 2.65. The molecule has 3 fully saturated rings. The van der Waals surface area contributed by atoms with Gasteiger partial charge in [-0.15, -0.1) is 0 Å². The van der Waals surface area contributed by atoms with E-state index in [1.165, 1.54) is 7.11 Å². The Balaban J connectivity index is 1.39. The first kappa shape index (κ1) is 27.7. The number of carbonyl (C=O) groups excluding carboxylic acids is 2. The third kappa shape index (κ3) is 4.28. The zero-order valence-corrected chi connectivity index (χ0v) is 23.6. The second kappa shape index (κ2) is 9.55. The molecule has 220 valence electrons. The standard InChI is InChI=1S/C29H39NO10/c1-26(2,33)7-5-9-28(34,13-22(31)35-3)25(32)39-24-23-18-12-20-19(37-16-38-20)11-17(18)21-14-30-10-6-8-27(23,30)15-29(24,36-4)40-21/h11-12,21,23-24,33-34H,5-10,13-16H2,1-4H3/t21-,23-,24+,27+,28-,29-/m1/s1. The summed E-state index contributed by atoms with van der Waals surface area (Å²) in [6, 6.07) is 3.94. The van der Waals surface area contributed by atoms with E-state index < -0.39 is 41.5 Å². The lowest BCUT2D eigenvalue weighted by atomic mass is 9.78. The molecule has 1 saturated carbocycles. The van der Waals surface area contributed by atoms with Crippen LogP contribution in [0.15, 0.2) is 12.1 Å². The average molecular weight is 562 g/mol. The molecular formula is C29H39NO10. The number of methoxy groups -OCH3 is 2. The van der Waals surface area contributed by atoms with E-state index in [-0.39, 0.29) is 37.2 Å². The summed E-state index contributed by atoms with van der Waals surface area (Å²) in [7, 11) is 2.76. The lowest BCUT2D eigenvalue weighted by Gasteiger charge is -2.40. The quantitative estimate of drug-likeness (QED) is 0.430.